The van der Waals surface area contributed by atoms with Crippen LogP contribution in [0.25, 0.3) is 0 Å². The highest BCUT2D eigenvalue weighted by atomic mass is 16.2. The fraction of sp³-hybridized carbons (Fsp3) is 0.651. The lowest BCUT2D eigenvalue weighted by Crippen LogP contribution is -2.12. The molecule has 0 radical (unpaired) electrons. The topological polar surface area (TPSA) is 51.2 Å². The van der Waals surface area contributed by atoms with Crippen LogP contribution in [0.3, 0.4) is 0 Å². The molecule has 0 rings (SSSR count). The first-order chi connectivity index (χ1) is 22.6. The predicted octanol–water partition coefficient (Wildman–Crippen LogP) is 13.2. The maximum Gasteiger partial charge on any atom is 0.147 e. The zero-order chi connectivity index (χ0) is 33.6. The van der Waals surface area contributed by atoms with Crippen LogP contribution in [0, 0.1) is 0 Å². The van der Waals surface area contributed by atoms with E-state index in [-0.39, 0.29) is 30.2 Å². The third kappa shape index (κ3) is 35.9. The van der Waals surface area contributed by atoms with Crippen LogP contribution in [0.4, 0.5) is 0 Å². The predicted molar refractivity (Wildman–Crippen MR) is 201 cm³/mol. The molecule has 0 saturated heterocycles. The van der Waals surface area contributed by atoms with E-state index in [1.807, 2.05) is 0 Å². The first-order valence-electron chi connectivity index (χ1n) is 19.0. The molecule has 3 heteroatoms. The molecule has 0 aromatic rings. The number of Topliss-reactive ketones (excluding diaryl/α,β-unsaturated/α-hetero) is 3. The van der Waals surface area contributed by atoms with Gasteiger partial charge in [0.1, 0.15) is 17.3 Å². The van der Waals surface area contributed by atoms with Gasteiger partial charge < -0.3 is 0 Å². The summed E-state index contributed by atoms with van der Waals surface area (Å²) in [5, 5.41) is 0. The summed E-state index contributed by atoms with van der Waals surface area (Å²) in [6.07, 6.45) is 52.3. The van der Waals surface area contributed by atoms with E-state index in [1.165, 1.54) is 51.4 Å². The molecule has 0 saturated carbocycles. The quantitative estimate of drug-likeness (QED) is 0.0402. The third-order valence-corrected chi connectivity index (χ3v) is 7.98. The molecule has 0 aliphatic heterocycles. The molecule has 260 valence electrons. The van der Waals surface area contributed by atoms with Crippen molar-refractivity contribution in [2.45, 2.75) is 181 Å². The van der Waals surface area contributed by atoms with Crippen molar-refractivity contribution in [3.8, 4) is 0 Å². The van der Waals surface area contributed by atoms with Gasteiger partial charge in [-0.2, -0.15) is 0 Å². The van der Waals surface area contributed by atoms with Crippen LogP contribution < -0.4 is 0 Å². The number of hydrogen-bond donors (Lipinski definition) is 0. The Morgan fingerprint density at radius 1 is 0.326 bits per heavy atom. The smallest absolute Gasteiger partial charge is 0.147 e. The van der Waals surface area contributed by atoms with Gasteiger partial charge in [-0.1, -0.05) is 138 Å². The first-order valence-corrected chi connectivity index (χ1v) is 19.0. The molecule has 0 N–H and O–H groups in total. The van der Waals surface area contributed by atoms with Gasteiger partial charge in [-0.25, -0.2) is 0 Å². The van der Waals surface area contributed by atoms with Gasteiger partial charge in [0.05, 0.1) is 12.8 Å². The van der Waals surface area contributed by atoms with Gasteiger partial charge in [-0.05, 0) is 89.9 Å². The van der Waals surface area contributed by atoms with Crippen molar-refractivity contribution in [3.63, 3.8) is 0 Å². The molecule has 0 unspecified atom stereocenters. The highest BCUT2D eigenvalue weighted by Crippen LogP contribution is 2.11. The zero-order valence-corrected chi connectivity index (χ0v) is 30.0. The van der Waals surface area contributed by atoms with Crippen LogP contribution >= 0.6 is 0 Å². The van der Waals surface area contributed by atoms with Gasteiger partial charge in [-0.3, -0.25) is 14.4 Å². The lowest BCUT2D eigenvalue weighted by molar-refractivity contribution is -0.130. The standard InChI is InChI=1S/C43H70O3/c1-3-5-7-9-11-13-15-17-19-21-23-25-27-29-31-33-35-37-41(44)39-43(46)40-42(45)38-36-34-32-30-28-26-24-22-20-18-16-14-12-10-8-6-4-2/h11-14,17-20,23-26H,3-10,15-16,21-22,27-40H2,1-2H3. The molecule has 0 amide bonds. The number of allylic oxidation sites excluding steroid dienone is 12. The largest absolute Gasteiger partial charge is 0.299 e. The molecule has 0 fully saturated rings. The van der Waals surface area contributed by atoms with Gasteiger partial charge in [0.15, 0.2) is 0 Å². The molecule has 0 spiro atoms. The second-order valence-electron chi connectivity index (χ2n) is 12.6. The minimum atomic E-state index is -0.209. The van der Waals surface area contributed by atoms with Crippen LogP contribution in [0.1, 0.15) is 181 Å². The Kier molecular flexibility index (Phi) is 34.9. The van der Waals surface area contributed by atoms with Crippen LogP contribution in [-0.2, 0) is 14.4 Å². The number of carbonyl (C=O) groups excluding carboxylic acids is 3. The number of carbonyl (C=O) groups is 3. The summed E-state index contributed by atoms with van der Waals surface area (Å²) in [6.45, 7) is 4.47. The van der Waals surface area contributed by atoms with Crippen LogP contribution in [0.5, 0.6) is 0 Å². The van der Waals surface area contributed by atoms with E-state index >= 15 is 0 Å². The van der Waals surface area contributed by atoms with Gasteiger partial charge in [-0.15, -0.1) is 0 Å². The molecular weight excluding hydrogens is 564 g/mol. The molecule has 0 aromatic carbocycles. The Bertz CT molecular complexity index is 827. The van der Waals surface area contributed by atoms with E-state index in [0.29, 0.717) is 12.8 Å². The summed E-state index contributed by atoms with van der Waals surface area (Å²) in [4.78, 5) is 36.5. The maximum absolute atomic E-state index is 12.2. The number of hydrogen-bond acceptors (Lipinski definition) is 3. The molecule has 0 atom stereocenters. The SMILES string of the molecule is CCCCCC=CCC=CCC=CCCCCCCC(=O)CC(=O)CC(=O)CCCCCCC=CCC=CCC=CCCCCC. The Morgan fingerprint density at radius 2 is 0.609 bits per heavy atom. The highest BCUT2D eigenvalue weighted by Gasteiger charge is 2.13. The summed E-state index contributed by atoms with van der Waals surface area (Å²) in [5.74, 6) is -0.240. The Labute approximate surface area is 284 Å². The molecule has 46 heavy (non-hydrogen) atoms. The van der Waals surface area contributed by atoms with Gasteiger partial charge in [0, 0.05) is 12.8 Å². The minimum absolute atomic E-state index is 0.0153. The maximum atomic E-state index is 12.2. The normalized spacial score (nSPS) is 12.4. The second kappa shape index (κ2) is 36.9. The van der Waals surface area contributed by atoms with Crippen molar-refractivity contribution >= 4 is 17.3 Å². The minimum Gasteiger partial charge on any atom is -0.299 e. The van der Waals surface area contributed by atoms with E-state index in [2.05, 4.69) is 86.8 Å². The van der Waals surface area contributed by atoms with Crippen molar-refractivity contribution in [2.75, 3.05) is 0 Å². The van der Waals surface area contributed by atoms with E-state index in [9.17, 15) is 14.4 Å². The first kappa shape index (κ1) is 43.5. The fourth-order valence-corrected chi connectivity index (χ4v) is 5.13. The van der Waals surface area contributed by atoms with E-state index in [4.69, 9.17) is 0 Å². The lowest BCUT2D eigenvalue weighted by atomic mass is 10.0. The second-order valence-corrected chi connectivity index (χ2v) is 12.6. The van der Waals surface area contributed by atoms with Crippen LogP contribution in [0.2, 0.25) is 0 Å². The van der Waals surface area contributed by atoms with Crippen molar-refractivity contribution in [1.29, 1.82) is 0 Å². The Hall–Kier alpha value is -2.55. The summed E-state index contributed by atoms with van der Waals surface area (Å²) < 4.78 is 0. The van der Waals surface area contributed by atoms with E-state index in [0.717, 1.165) is 89.9 Å². The highest BCUT2D eigenvalue weighted by molar-refractivity contribution is 6.07. The zero-order valence-electron chi connectivity index (χ0n) is 30.0. The Morgan fingerprint density at radius 3 is 0.935 bits per heavy atom. The fourth-order valence-electron chi connectivity index (χ4n) is 5.13. The monoisotopic (exact) mass is 635 g/mol. The number of rotatable bonds is 34. The summed E-state index contributed by atoms with van der Waals surface area (Å²) in [5.41, 5.74) is 0. The molecule has 3 nitrogen and oxygen atoms in total. The molecule has 0 bridgehead atoms. The Balaban J connectivity index is 3.60. The van der Waals surface area contributed by atoms with Gasteiger partial charge >= 0.3 is 0 Å². The van der Waals surface area contributed by atoms with E-state index in [1.54, 1.807) is 0 Å². The average Bonchev–Trinajstić information content (AvgIpc) is 3.03. The third-order valence-electron chi connectivity index (χ3n) is 7.98. The van der Waals surface area contributed by atoms with E-state index < -0.39 is 0 Å². The summed E-state index contributed by atoms with van der Waals surface area (Å²) in [7, 11) is 0. The van der Waals surface area contributed by atoms with Crippen LogP contribution in [-0.4, -0.2) is 17.3 Å². The van der Waals surface area contributed by atoms with Crippen LogP contribution in [0.15, 0.2) is 72.9 Å². The molecule has 0 heterocycles. The van der Waals surface area contributed by atoms with Crippen molar-refractivity contribution in [1.82, 2.24) is 0 Å². The molecule has 0 aliphatic carbocycles. The summed E-state index contributed by atoms with van der Waals surface area (Å²) in [6, 6.07) is 0. The van der Waals surface area contributed by atoms with Gasteiger partial charge in [0.2, 0.25) is 0 Å². The summed E-state index contributed by atoms with van der Waals surface area (Å²) >= 11 is 0. The molecular formula is C43H70O3. The average molecular weight is 635 g/mol. The molecule has 0 aromatic heterocycles. The molecule has 0 aliphatic rings. The van der Waals surface area contributed by atoms with Crippen molar-refractivity contribution in [2.24, 2.45) is 0 Å². The van der Waals surface area contributed by atoms with Crippen molar-refractivity contribution < 1.29 is 14.4 Å². The number of unbranched alkanes of at least 4 members (excludes halogenated alkanes) is 14. The number of ketones is 3. The lowest BCUT2D eigenvalue weighted by Gasteiger charge is -2.02. The van der Waals surface area contributed by atoms with Gasteiger partial charge in [0.25, 0.3) is 0 Å². The van der Waals surface area contributed by atoms with Crippen molar-refractivity contribution in [3.05, 3.63) is 72.9 Å².